The predicted molar refractivity (Wildman–Crippen MR) is 97.4 cm³/mol. The third-order valence-corrected chi connectivity index (χ3v) is 3.48. The largest absolute Gasteiger partial charge is 0.346 e. The summed E-state index contributed by atoms with van der Waals surface area (Å²) < 4.78 is 0. The quantitative estimate of drug-likeness (QED) is 0.782. The van der Waals surface area contributed by atoms with Crippen molar-refractivity contribution < 1.29 is 14.4 Å². The number of amides is 3. The monoisotopic (exact) mass is 339 g/mol. The zero-order chi connectivity index (χ0) is 18.4. The Bertz CT molecular complexity index is 754. The Labute approximate surface area is 146 Å². The van der Waals surface area contributed by atoms with Crippen LogP contribution in [-0.2, 0) is 9.59 Å². The number of carbonyl (C=O) groups excluding carboxylic acids is 3. The van der Waals surface area contributed by atoms with Gasteiger partial charge in [-0.25, -0.2) is 0 Å². The standard InChI is InChI=1S/C19H21N3O3/c1-12(15-7-5-4-6-8-15)20-19(25)16-9-17(21-13(2)23)11-18(10-16)22-14(3)24/h4-12H,1-3H3,(H,20,25)(H,21,23)(H,22,24)/t12-/m0/s1. The first kappa shape index (κ1) is 18.2. The van der Waals surface area contributed by atoms with Gasteiger partial charge in [0.15, 0.2) is 0 Å². The van der Waals surface area contributed by atoms with Gasteiger partial charge < -0.3 is 16.0 Å². The average molecular weight is 339 g/mol. The van der Waals surface area contributed by atoms with Crippen molar-refractivity contribution in [1.29, 1.82) is 0 Å². The van der Waals surface area contributed by atoms with Crippen LogP contribution in [0.25, 0.3) is 0 Å². The third-order valence-electron chi connectivity index (χ3n) is 3.48. The summed E-state index contributed by atoms with van der Waals surface area (Å²) in [7, 11) is 0. The summed E-state index contributed by atoms with van der Waals surface area (Å²) in [6.07, 6.45) is 0. The van der Waals surface area contributed by atoms with Crippen LogP contribution >= 0.6 is 0 Å². The summed E-state index contributed by atoms with van der Waals surface area (Å²) in [6, 6.07) is 14.1. The molecule has 0 saturated carbocycles. The minimum Gasteiger partial charge on any atom is -0.346 e. The number of hydrogen-bond donors (Lipinski definition) is 3. The molecule has 3 N–H and O–H groups in total. The second-order valence-electron chi connectivity index (χ2n) is 5.77. The lowest BCUT2D eigenvalue weighted by molar-refractivity contribution is -0.115. The normalized spacial score (nSPS) is 11.3. The maximum absolute atomic E-state index is 12.6. The molecule has 0 saturated heterocycles. The van der Waals surface area contributed by atoms with E-state index in [1.165, 1.54) is 13.8 Å². The molecule has 0 aromatic heterocycles. The molecule has 2 rings (SSSR count). The van der Waals surface area contributed by atoms with E-state index >= 15 is 0 Å². The molecule has 0 aliphatic rings. The van der Waals surface area contributed by atoms with Gasteiger partial charge in [0.25, 0.3) is 5.91 Å². The maximum atomic E-state index is 12.6. The van der Waals surface area contributed by atoms with Crippen LogP contribution < -0.4 is 16.0 Å². The van der Waals surface area contributed by atoms with Gasteiger partial charge in [0.05, 0.1) is 6.04 Å². The van der Waals surface area contributed by atoms with Crippen LogP contribution in [0.1, 0.15) is 42.7 Å². The number of carbonyl (C=O) groups is 3. The molecule has 0 unspecified atom stereocenters. The SMILES string of the molecule is CC(=O)Nc1cc(NC(C)=O)cc(C(=O)N[C@@H](C)c2ccccc2)c1. The van der Waals surface area contributed by atoms with Crippen LogP contribution in [0.5, 0.6) is 0 Å². The van der Waals surface area contributed by atoms with E-state index in [1.807, 2.05) is 37.3 Å². The minimum atomic E-state index is -0.296. The molecule has 1 atom stereocenters. The van der Waals surface area contributed by atoms with Crippen molar-refractivity contribution in [2.75, 3.05) is 10.6 Å². The summed E-state index contributed by atoms with van der Waals surface area (Å²) in [6.45, 7) is 4.64. The van der Waals surface area contributed by atoms with Crippen LogP contribution in [0.4, 0.5) is 11.4 Å². The Morgan fingerprint density at radius 1 is 0.840 bits per heavy atom. The minimum absolute atomic E-state index is 0.178. The van der Waals surface area contributed by atoms with E-state index in [2.05, 4.69) is 16.0 Å². The fourth-order valence-electron chi connectivity index (χ4n) is 2.41. The lowest BCUT2D eigenvalue weighted by Crippen LogP contribution is -2.27. The van der Waals surface area contributed by atoms with Crippen molar-refractivity contribution in [2.45, 2.75) is 26.8 Å². The molecule has 6 nitrogen and oxygen atoms in total. The molecule has 0 fully saturated rings. The van der Waals surface area contributed by atoms with Crippen LogP contribution in [0, 0.1) is 0 Å². The Hall–Kier alpha value is -3.15. The van der Waals surface area contributed by atoms with Crippen LogP contribution in [0.15, 0.2) is 48.5 Å². The van der Waals surface area contributed by atoms with Gasteiger partial charge in [0.1, 0.15) is 0 Å². The second kappa shape index (κ2) is 8.10. The van der Waals surface area contributed by atoms with Gasteiger partial charge in [-0.15, -0.1) is 0 Å². The molecule has 0 aliphatic heterocycles. The number of hydrogen-bond acceptors (Lipinski definition) is 3. The number of benzene rings is 2. The molecule has 0 aliphatic carbocycles. The van der Waals surface area contributed by atoms with Crippen LogP contribution in [0.2, 0.25) is 0 Å². The molecule has 0 radical (unpaired) electrons. The second-order valence-corrected chi connectivity index (χ2v) is 5.77. The highest BCUT2D eigenvalue weighted by atomic mass is 16.2. The van der Waals surface area contributed by atoms with Crippen molar-refractivity contribution >= 4 is 29.1 Å². The van der Waals surface area contributed by atoms with E-state index in [-0.39, 0.29) is 23.8 Å². The van der Waals surface area contributed by atoms with Gasteiger partial charge in [0.2, 0.25) is 11.8 Å². The van der Waals surface area contributed by atoms with E-state index in [9.17, 15) is 14.4 Å². The number of anilines is 2. The first-order valence-electron chi connectivity index (χ1n) is 7.91. The molecule has 25 heavy (non-hydrogen) atoms. The van der Waals surface area contributed by atoms with Crippen LogP contribution in [-0.4, -0.2) is 17.7 Å². The van der Waals surface area contributed by atoms with E-state index in [0.717, 1.165) is 5.56 Å². The van der Waals surface area contributed by atoms with Crippen LogP contribution in [0.3, 0.4) is 0 Å². The van der Waals surface area contributed by atoms with Gasteiger partial charge >= 0.3 is 0 Å². The molecule has 0 bridgehead atoms. The molecule has 2 aromatic carbocycles. The van der Waals surface area contributed by atoms with Crippen molar-refractivity contribution in [3.05, 3.63) is 59.7 Å². The van der Waals surface area contributed by atoms with Gasteiger partial charge in [-0.3, -0.25) is 14.4 Å². The van der Waals surface area contributed by atoms with E-state index in [4.69, 9.17) is 0 Å². The Morgan fingerprint density at radius 3 is 1.84 bits per heavy atom. The summed E-state index contributed by atoms with van der Waals surface area (Å²) >= 11 is 0. The summed E-state index contributed by atoms with van der Waals surface area (Å²) in [4.78, 5) is 35.2. The molecule has 0 spiro atoms. The first-order chi connectivity index (χ1) is 11.8. The average Bonchev–Trinajstić information content (AvgIpc) is 2.54. The maximum Gasteiger partial charge on any atom is 0.251 e. The summed E-state index contributed by atoms with van der Waals surface area (Å²) in [5, 5.41) is 8.17. The topological polar surface area (TPSA) is 87.3 Å². The Morgan fingerprint density at radius 2 is 1.36 bits per heavy atom. The molecule has 0 heterocycles. The smallest absolute Gasteiger partial charge is 0.251 e. The predicted octanol–water partition coefficient (Wildman–Crippen LogP) is 3.09. The zero-order valence-electron chi connectivity index (χ0n) is 14.4. The number of nitrogens with one attached hydrogen (secondary N) is 3. The van der Waals surface area contributed by atoms with Crippen molar-refractivity contribution in [3.63, 3.8) is 0 Å². The highest BCUT2D eigenvalue weighted by molar-refractivity contribution is 6.00. The van der Waals surface area contributed by atoms with Crippen molar-refractivity contribution in [1.82, 2.24) is 5.32 Å². The lowest BCUT2D eigenvalue weighted by atomic mass is 10.1. The highest BCUT2D eigenvalue weighted by Crippen LogP contribution is 2.20. The highest BCUT2D eigenvalue weighted by Gasteiger charge is 2.14. The molecule has 130 valence electrons. The fraction of sp³-hybridized carbons (Fsp3) is 0.211. The Kier molecular flexibility index (Phi) is 5.89. The molecular formula is C19H21N3O3. The molecule has 2 aromatic rings. The van der Waals surface area contributed by atoms with Gasteiger partial charge in [-0.2, -0.15) is 0 Å². The van der Waals surface area contributed by atoms with E-state index in [0.29, 0.717) is 16.9 Å². The van der Waals surface area contributed by atoms with Gasteiger partial charge in [0, 0.05) is 30.8 Å². The summed E-state index contributed by atoms with van der Waals surface area (Å²) in [5.74, 6) is -0.817. The first-order valence-corrected chi connectivity index (χ1v) is 7.91. The van der Waals surface area contributed by atoms with E-state index in [1.54, 1.807) is 18.2 Å². The molecule has 6 heteroatoms. The fourth-order valence-corrected chi connectivity index (χ4v) is 2.41. The van der Waals surface area contributed by atoms with Gasteiger partial charge in [-0.1, -0.05) is 30.3 Å². The van der Waals surface area contributed by atoms with Gasteiger partial charge in [-0.05, 0) is 30.7 Å². The third kappa shape index (κ3) is 5.46. The summed E-state index contributed by atoms with van der Waals surface area (Å²) in [5.41, 5.74) is 2.21. The van der Waals surface area contributed by atoms with Crippen molar-refractivity contribution in [2.24, 2.45) is 0 Å². The lowest BCUT2D eigenvalue weighted by Gasteiger charge is -2.16. The van der Waals surface area contributed by atoms with Crippen molar-refractivity contribution in [3.8, 4) is 0 Å². The Balaban J connectivity index is 2.24. The molecular weight excluding hydrogens is 318 g/mol. The van der Waals surface area contributed by atoms with E-state index < -0.39 is 0 Å². The molecule has 3 amide bonds. The zero-order valence-corrected chi connectivity index (χ0v) is 14.4. The number of rotatable bonds is 5.